The molecule has 304 valence electrons. The first-order valence-corrected chi connectivity index (χ1v) is 20.2. The number of hydrogen-bond donors (Lipinski definition) is 2. The van der Waals surface area contributed by atoms with E-state index in [2.05, 4.69) is 25.3 Å². The Bertz CT molecular complexity index is 1900. The van der Waals surface area contributed by atoms with Gasteiger partial charge in [-0.05, 0) is 49.6 Å². The molecule has 2 aliphatic heterocycles. The monoisotopic (exact) mass is 814 g/mol. The number of carbonyl (C=O) groups is 4. The van der Waals surface area contributed by atoms with E-state index in [0.717, 1.165) is 47.9 Å². The molecule has 14 nitrogen and oxygen atoms in total. The Kier molecular flexibility index (Phi) is 16.6. The van der Waals surface area contributed by atoms with E-state index in [9.17, 15) is 24.0 Å². The molecule has 2 aromatic heterocycles. The van der Waals surface area contributed by atoms with Gasteiger partial charge >= 0.3 is 23.9 Å². The average Bonchev–Trinajstić information content (AvgIpc) is 3.55. The zero-order chi connectivity index (χ0) is 39.9. The van der Waals surface area contributed by atoms with E-state index >= 15 is 0 Å². The number of nitrogens with zero attached hydrogens (tertiary/aromatic N) is 2. The predicted octanol–water partition coefficient (Wildman–Crippen LogP) is 4.73. The summed E-state index contributed by atoms with van der Waals surface area (Å²) in [4.78, 5) is 69.0. The smallest absolute Gasteiger partial charge is 0.355 e. The Hall–Kier alpha value is -3.96. The van der Waals surface area contributed by atoms with Gasteiger partial charge in [0.2, 0.25) is 5.60 Å². The molecular weight excluding hydrogens is 765 g/mol. The van der Waals surface area contributed by atoms with Gasteiger partial charge in [0.25, 0.3) is 5.56 Å². The number of ether oxygens (including phenoxy) is 7. The summed E-state index contributed by atoms with van der Waals surface area (Å²) in [7, 11) is 0. The fourth-order valence-corrected chi connectivity index (χ4v) is 7.42. The Morgan fingerprint density at radius 1 is 0.857 bits per heavy atom. The van der Waals surface area contributed by atoms with Crippen LogP contribution in [0.2, 0.25) is 0 Å². The van der Waals surface area contributed by atoms with Gasteiger partial charge in [-0.2, -0.15) is 25.3 Å². The normalized spacial score (nSPS) is 16.1. The van der Waals surface area contributed by atoms with Gasteiger partial charge in [0, 0.05) is 28.2 Å². The fraction of sp³-hybridized carbons (Fsp3) is 0.550. The van der Waals surface area contributed by atoms with Crippen LogP contribution in [0.5, 0.6) is 0 Å². The fourth-order valence-electron chi connectivity index (χ4n) is 6.59. The minimum atomic E-state index is -1.86. The molecule has 0 fully saturated rings. The Morgan fingerprint density at radius 2 is 1.50 bits per heavy atom. The van der Waals surface area contributed by atoms with Crippen LogP contribution < -0.4 is 5.56 Å². The molecule has 16 heteroatoms. The lowest BCUT2D eigenvalue weighted by Crippen LogP contribution is -2.47. The van der Waals surface area contributed by atoms with Crippen LogP contribution in [-0.2, 0) is 71.1 Å². The summed E-state index contributed by atoms with van der Waals surface area (Å²) in [6, 6.07) is 11.3. The SMILES string of the molecule is CCC1(OC(=O)CCC(=O)OCCOCCOCCOCCOC(=O)CCCCC(S)CCS)C(=O)OCc2c1cc1n(c2=O)Cc2cc3ccccc3nc2-1. The average molecular weight is 815 g/mol. The number of hydrogen-bond acceptors (Lipinski definition) is 15. The number of unbranched alkanes of at least 4 members (excludes halogenated alkanes) is 1. The van der Waals surface area contributed by atoms with E-state index in [1.165, 1.54) is 0 Å². The number of thiol groups is 2. The second kappa shape index (κ2) is 21.5. The van der Waals surface area contributed by atoms with Crippen molar-refractivity contribution < 1.29 is 52.3 Å². The van der Waals surface area contributed by atoms with Crippen LogP contribution in [0.1, 0.15) is 75.0 Å². The van der Waals surface area contributed by atoms with E-state index in [-0.39, 0.29) is 81.6 Å². The largest absolute Gasteiger partial charge is 0.463 e. The van der Waals surface area contributed by atoms with Crippen molar-refractivity contribution in [3.8, 4) is 11.4 Å². The number of fused-ring (bicyclic) bond motifs is 5. The molecule has 0 bridgehead atoms. The molecule has 0 spiro atoms. The molecule has 0 amide bonds. The van der Waals surface area contributed by atoms with Gasteiger partial charge in [-0.3, -0.25) is 19.2 Å². The van der Waals surface area contributed by atoms with Gasteiger partial charge in [-0.25, -0.2) is 9.78 Å². The van der Waals surface area contributed by atoms with Gasteiger partial charge in [-0.15, -0.1) is 0 Å². The maximum absolute atomic E-state index is 13.7. The van der Waals surface area contributed by atoms with Crippen molar-refractivity contribution in [3.63, 3.8) is 0 Å². The lowest BCUT2D eigenvalue weighted by Gasteiger charge is -2.35. The number of aromatic nitrogens is 2. The van der Waals surface area contributed by atoms with Crippen molar-refractivity contribution in [2.75, 3.05) is 58.6 Å². The Morgan fingerprint density at radius 3 is 2.18 bits per heavy atom. The highest BCUT2D eigenvalue weighted by Gasteiger charge is 2.50. The molecule has 2 atom stereocenters. The number of rotatable bonds is 24. The van der Waals surface area contributed by atoms with E-state index < -0.39 is 23.5 Å². The molecule has 1 aromatic carbocycles. The van der Waals surface area contributed by atoms with Crippen molar-refractivity contribution >= 4 is 60.0 Å². The summed E-state index contributed by atoms with van der Waals surface area (Å²) in [6.07, 6.45) is 3.37. The van der Waals surface area contributed by atoms with Crippen LogP contribution in [0.15, 0.2) is 41.2 Å². The molecule has 56 heavy (non-hydrogen) atoms. The lowest BCUT2D eigenvalue weighted by molar-refractivity contribution is -0.189. The molecule has 0 saturated carbocycles. The zero-order valence-electron chi connectivity index (χ0n) is 31.7. The highest BCUT2D eigenvalue weighted by Crippen LogP contribution is 2.41. The molecule has 0 N–H and O–H groups in total. The molecule has 4 heterocycles. The number of para-hydroxylation sites is 1. The maximum Gasteiger partial charge on any atom is 0.355 e. The second-order valence-electron chi connectivity index (χ2n) is 13.4. The van der Waals surface area contributed by atoms with Gasteiger partial charge < -0.3 is 37.7 Å². The van der Waals surface area contributed by atoms with Crippen LogP contribution in [0, 0.1) is 0 Å². The molecule has 0 aliphatic carbocycles. The first-order valence-electron chi connectivity index (χ1n) is 19.1. The molecule has 5 rings (SSSR count). The molecular formula is C40H50N2O12S2. The van der Waals surface area contributed by atoms with Crippen molar-refractivity contribution in [2.24, 2.45) is 0 Å². The van der Waals surface area contributed by atoms with Gasteiger partial charge in [-0.1, -0.05) is 31.5 Å². The lowest BCUT2D eigenvalue weighted by atomic mass is 9.85. The van der Waals surface area contributed by atoms with Crippen molar-refractivity contribution in [2.45, 2.75) is 82.3 Å². The molecule has 3 aromatic rings. The predicted molar refractivity (Wildman–Crippen MR) is 212 cm³/mol. The van der Waals surface area contributed by atoms with E-state index in [4.69, 9.17) is 38.1 Å². The second-order valence-corrected chi connectivity index (χ2v) is 14.6. The number of cyclic esters (lactones) is 1. The number of esters is 4. The van der Waals surface area contributed by atoms with Crippen LogP contribution in [0.3, 0.4) is 0 Å². The van der Waals surface area contributed by atoms with Gasteiger partial charge in [0.15, 0.2) is 0 Å². The first kappa shape index (κ1) is 43.2. The third-order valence-electron chi connectivity index (χ3n) is 9.56. The van der Waals surface area contributed by atoms with Crippen molar-refractivity contribution in [3.05, 3.63) is 63.4 Å². The highest BCUT2D eigenvalue weighted by molar-refractivity contribution is 7.81. The third-order valence-corrected chi connectivity index (χ3v) is 10.3. The van der Waals surface area contributed by atoms with Crippen LogP contribution in [-0.4, -0.2) is 97.3 Å². The van der Waals surface area contributed by atoms with E-state index in [1.807, 2.05) is 30.3 Å². The summed E-state index contributed by atoms with van der Waals surface area (Å²) >= 11 is 8.68. The quantitative estimate of drug-likeness (QED) is 0.0432. The van der Waals surface area contributed by atoms with Crippen molar-refractivity contribution in [1.82, 2.24) is 9.55 Å². The summed E-state index contributed by atoms with van der Waals surface area (Å²) in [5, 5.41) is 1.27. The summed E-state index contributed by atoms with van der Waals surface area (Å²) < 4.78 is 39.4. The third kappa shape index (κ3) is 11.3. The number of benzene rings is 1. The topological polar surface area (TPSA) is 168 Å². The highest BCUT2D eigenvalue weighted by atomic mass is 32.1. The molecule has 0 radical (unpaired) electrons. The van der Waals surface area contributed by atoms with E-state index in [0.29, 0.717) is 49.4 Å². The summed E-state index contributed by atoms with van der Waals surface area (Å²) in [5.74, 6) is -1.66. The van der Waals surface area contributed by atoms with Crippen LogP contribution >= 0.6 is 25.3 Å². The number of carbonyl (C=O) groups excluding carboxylic acids is 4. The summed E-state index contributed by atoms with van der Waals surface area (Å²) in [5.41, 5.74) is 1.09. The Labute approximate surface area is 336 Å². The minimum absolute atomic E-state index is 0.0108. The minimum Gasteiger partial charge on any atom is -0.463 e. The van der Waals surface area contributed by atoms with E-state index in [1.54, 1.807) is 17.6 Å². The van der Waals surface area contributed by atoms with Crippen LogP contribution in [0.25, 0.3) is 22.3 Å². The van der Waals surface area contributed by atoms with Gasteiger partial charge in [0.1, 0.15) is 19.8 Å². The van der Waals surface area contributed by atoms with Crippen molar-refractivity contribution in [1.29, 1.82) is 0 Å². The molecule has 2 unspecified atom stereocenters. The Balaban J connectivity index is 0.955. The molecule has 2 aliphatic rings. The first-order chi connectivity index (χ1) is 27.2. The maximum atomic E-state index is 13.7. The van der Waals surface area contributed by atoms with Crippen LogP contribution in [0.4, 0.5) is 0 Å². The molecule has 0 saturated heterocycles. The number of pyridine rings is 2. The van der Waals surface area contributed by atoms with Gasteiger partial charge in [0.05, 0.1) is 81.5 Å². The summed E-state index contributed by atoms with van der Waals surface area (Å²) in [6.45, 7) is 3.55. The zero-order valence-corrected chi connectivity index (χ0v) is 33.5. The standard InChI is InChI=1S/C40H50N2O12S2/c1-2-40(31-24-33-37-28(23-27-7-3-5-9-32(27)41-37)25-42(33)38(46)30(31)26-53-39(40)47)54-36(45)12-11-35(44)52-21-19-50-17-15-48-14-16-49-18-20-51-34(43)10-6-4-8-29(56)13-22-55/h3,5,7,9,23-24,29,55-56H,2,4,6,8,10-22,25-26H2,1H3.